The average Bonchev–Trinajstić information content (AvgIpc) is 3.12. The van der Waals surface area contributed by atoms with Crippen molar-refractivity contribution >= 4 is 17.4 Å². The van der Waals surface area contributed by atoms with E-state index in [1.807, 2.05) is 83.4 Å². The van der Waals surface area contributed by atoms with E-state index in [4.69, 9.17) is 9.72 Å². The summed E-state index contributed by atoms with van der Waals surface area (Å²) in [6.45, 7) is 0. The maximum absolute atomic E-state index is 12.7. The first-order valence-corrected chi connectivity index (χ1v) is 9.20. The molecule has 0 radical (unpaired) electrons. The molecule has 5 nitrogen and oxygen atoms in total. The number of amides is 1. The predicted octanol–water partition coefficient (Wildman–Crippen LogP) is 4.58. The largest absolute Gasteiger partial charge is 0.497 e. The molecule has 2 heterocycles. The van der Waals surface area contributed by atoms with Crippen molar-refractivity contribution in [3.8, 4) is 17.0 Å². The molecule has 0 atom stereocenters. The second-order valence-electron chi connectivity index (χ2n) is 6.50. The lowest BCUT2D eigenvalue weighted by Gasteiger charge is -2.08. The molecule has 0 saturated carbocycles. The van der Waals surface area contributed by atoms with E-state index in [1.165, 1.54) is 0 Å². The van der Waals surface area contributed by atoms with Gasteiger partial charge >= 0.3 is 0 Å². The molecule has 0 fully saturated rings. The topological polar surface area (TPSA) is 55.6 Å². The molecule has 0 unspecified atom stereocenters. The molecular weight excluding hydrogens is 350 g/mol. The van der Waals surface area contributed by atoms with Gasteiger partial charge in [-0.1, -0.05) is 48.5 Å². The molecular formula is C23H21N3O2. The minimum atomic E-state index is -0.0429. The highest BCUT2D eigenvalue weighted by Gasteiger charge is 2.16. The molecule has 0 aliphatic rings. The van der Waals surface area contributed by atoms with Gasteiger partial charge in [0.25, 0.3) is 0 Å². The monoisotopic (exact) mass is 371 g/mol. The molecule has 2 aromatic carbocycles. The Morgan fingerprint density at radius 3 is 2.50 bits per heavy atom. The molecule has 1 N–H and O–H groups in total. The molecule has 5 heteroatoms. The zero-order chi connectivity index (χ0) is 19.3. The first-order chi connectivity index (χ1) is 13.7. The Morgan fingerprint density at radius 2 is 1.75 bits per heavy atom. The van der Waals surface area contributed by atoms with Gasteiger partial charge in [0, 0.05) is 18.2 Å². The van der Waals surface area contributed by atoms with Crippen LogP contribution in [0.15, 0.2) is 79.0 Å². The van der Waals surface area contributed by atoms with Crippen LogP contribution in [0.1, 0.15) is 12.0 Å². The van der Waals surface area contributed by atoms with Crippen molar-refractivity contribution in [1.82, 2.24) is 9.38 Å². The number of carbonyl (C=O) groups is 1. The molecule has 140 valence electrons. The van der Waals surface area contributed by atoms with Crippen molar-refractivity contribution in [2.24, 2.45) is 0 Å². The van der Waals surface area contributed by atoms with E-state index in [0.29, 0.717) is 18.7 Å². The molecule has 2 aromatic heterocycles. The van der Waals surface area contributed by atoms with Gasteiger partial charge in [-0.05, 0) is 36.2 Å². The minimum absolute atomic E-state index is 0.0429. The number of pyridine rings is 1. The first-order valence-electron chi connectivity index (χ1n) is 9.20. The molecule has 0 spiro atoms. The van der Waals surface area contributed by atoms with Crippen LogP contribution in [0.3, 0.4) is 0 Å². The number of fused-ring (bicyclic) bond motifs is 1. The Morgan fingerprint density at radius 1 is 1.00 bits per heavy atom. The summed E-state index contributed by atoms with van der Waals surface area (Å²) in [7, 11) is 1.64. The molecule has 28 heavy (non-hydrogen) atoms. The maximum Gasteiger partial charge on any atom is 0.225 e. The summed E-state index contributed by atoms with van der Waals surface area (Å²) >= 11 is 0. The number of imidazole rings is 1. The molecule has 0 saturated heterocycles. The Balaban J connectivity index is 1.55. The smallest absolute Gasteiger partial charge is 0.225 e. The number of rotatable bonds is 6. The summed E-state index contributed by atoms with van der Waals surface area (Å²) in [5.74, 6) is 1.46. The third kappa shape index (κ3) is 3.74. The third-order valence-corrected chi connectivity index (χ3v) is 4.63. The first kappa shape index (κ1) is 17.8. The van der Waals surface area contributed by atoms with E-state index in [9.17, 15) is 4.79 Å². The lowest BCUT2D eigenvalue weighted by atomic mass is 10.1. The number of hydrogen-bond acceptors (Lipinski definition) is 3. The fourth-order valence-corrected chi connectivity index (χ4v) is 3.16. The predicted molar refractivity (Wildman–Crippen MR) is 111 cm³/mol. The number of aryl methyl sites for hydroxylation is 1. The van der Waals surface area contributed by atoms with Gasteiger partial charge in [-0.2, -0.15) is 0 Å². The maximum atomic E-state index is 12.7. The second-order valence-corrected chi connectivity index (χ2v) is 6.50. The van der Waals surface area contributed by atoms with Crippen LogP contribution in [-0.2, 0) is 11.2 Å². The lowest BCUT2D eigenvalue weighted by Crippen LogP contribution is -2.14. The van der Waals surface area contributed by atoms with Crippen molar-refractivity contribution in [3.05, 3.63) is 84.6 Å². The minimum Gasteiger partial charge on any atom is -0.497 e. The number of aromatic nitrogens is 2. The van der Waals surface area contributed by atoms with Crippen LogP contribution in [-0.4, -0.2) is 22.4 Å². The van der Waals surface area contributed by atoms with E-state index in [-0.39, 0.29) is 5.91 Å². The SMILES string of the molecule is COc1ccc(CCC(=O)Nc2c(-c3ccccc3)nc3ccccn23)cc1. The Kier molecular flexibility index (Phi) is 5.06. The van der Waals surface area contributed by atoms with E-state index in [0.717, 1.165) is 28.2 Å². The number of ether oxygens (including phenoxy) is 1. The number of carbonyl (C=O) groups excluding carboxylic acids is 1. The summed E-state index contributed by atoms with van der Waals surface area (Å²) in [5, 5.41) is 3.06. The molecule has 0 aliphatic heterocycles. The number of hydrogen-bond donors (Lipinski definition) is 1. The molecule has 4 rings (SSSR count). The van der Waals surface area contributed by atoms with Gasteiger partial charge in [0.1, 0.15) is 22.9 Å². The summed E-state index contributed by atoms with van der Waals surface area (Å²) in [4.78, 5) is 17.4. The van der Waals surface area contributed by atoms with Crippen LogP contribution in [0, 0.1) is 0 Å². The number of methoxy groups -OCH3 is 1. The standard InChI is InChI=1S/C23H21N3O2/c1-28-19-13-10-17(11-14-19)12-15-21(27)25-23-22(18-7-3-2-4-8-18)24-20-9-5-6-16-26(20)23/h2-11,13-14,16H,12,15H2,1H3,(H,25,27). The summed E-state index contributed by atoms with van der Waals surface area (Å²) < 4.78 is 7.08. The van der Waals surface area contributed by atoms with Gasteiger partial charge in [0.2, 0.25) is 5.91 Å². The molecule has 0 aliphatic carbocycles. The van der Waals surface area contributed by atoms with E-state index < -0.39 is 0 Å². The Bertz CT molecular complexity index is 1090. The fourth-order valence-electron chi connectivity index (χ4n) is 3.16. The van der Waals surface area contributed by atoms with Gasteiger partial charge < -0.3 is 10.1 Å². The highest BCUT2D eigenvalue weighted by atomic mass is 16.5. The van der Waals surface area contributed by atoms with Crippen molar-refractivity contribution in [1.29, 1.82) is 0 Å². The number of nitrogens with zero attached hydrogens (tertiary/aromatic N) is 2. The van der Waals surface area contributed by atoms with Gasteiger partial charge in [0.15, 0.2) is 0 Å². The lowest BCUT2D eigenvalue weighted by molar-refractivity contribution is -0.116. The highest BCUT2D eigenvalue weighted by Crippen LogP contribution is 2.28. The van der Waals surface area contributed by atoms with Crippen molar-refractivity contribution < 1.29 is 9.53 Å². The number of benzene rings is 2. The van der Waals surface area contributed by atoms with Crippen molar-refractivity contribution in [3.63, 3.8) is 0 Å². The van der Waals surface area contributed by atoms with Crippen LogP contribution in [0.25, 0.3) is 16.9 Å². The Labute approximate surface area is 163 Å². The zero-order valence-corrected chi connectivity index (χ0v) is 15.6. The van der Waals surface area contributed by atoms with Gasteiger partial charge in [-0.3, -0.25) is 9.20 Å². The van der Waals surface area contributed by atoms with E-state index >= 15 is 0 Å². The van der Waals surface area contributed by atoms with E-state index in [2.05, 4.69) is 5.32 Å². The normalized spacial score (nSPS) is 10.8. The number of anilines is 1. The quantitative estimate of drug-likeness (QED) is 0.540. The fraction of sp³-hybridized carbons (Fsp3) is 0.130. The molecule has 1 amide bonds. The highest BCUT2D eigenvalue weighted by molar-refractivity contribution is 5.94. The van der Waals surface area contributed by atoms with Crippen molar-refractivity contribution in [2.45, 2.75) is 12.8 Å². The van der Waals surface area contributed by atoms with Crippen molar-refractivity contribution in [2.75, 3.05) is 12.4 Å². The van der Waals surface area contributed by atoms with Gasteiger partial charge in [-0.25, -0.2) is 4.98 Å². The summed E-state index contributed by atoms with van der Waals surface area (Å²) in [5.41, 5.74) is 3.63. The summed E-state index contributed by atoms with van der Waals surface area (Å²) in [6, 6.07) is 23.5. The second kappa shape index (κ2) is 7.96. The van der Waals surface area contributed by atoms with Gasteiger partial charge in [0.05, 0.1) is 7.11 Å². The zero-order valence-electron chi connectivity index (χ0n) is 15.6. The third-order valence-electron chi connectivity index (χ3n) is 4.63. The summed E-state index contributed by atoms with van der Waals surface area (Å²) in [6.07, 6.45) is 2.96. The average molecular weight is 371 g/mol. The van der Waals surface area contributed by atoms with Crippen LogP contribution in [0.5, 0.6) is 5.75 Å². The Hall–Kier alpha value is -3.60. The molecule has 0 bridgehead atoms. The van der Waals surface area contributed by atoms with Crippen LogP contribution in [0.4, 0.5) is 5.82 Å². The van der Waals surface area contributed by atoms with Crippen LogP contribution < -0.4 is 10.1 Å². The van der Waals surface area contributed by atoms with Gasteiger partial charge in [-0.15, -0.1) is 0 Å². The van der Waals surface area contributed by atoms with Crippen LogP contribution in [0.2, 0.25) is 0 Å². The van der Waals surface area contributed by atoms with Crippen LogP contribution >= 0.6 is 0 Å². The van der Waals surface area contributed by atoms with E-state index in [1.54, 1.807) is 7.11 Å². The molecule has 4 aromatic rings. The number of nitrogens with one attached hydrogen (secondary N) is 1.